The van der Waals surface area contributed by atoms with E-state index in [4.69, 9.17) is 4.98 Å². The summed E-state index contributed by atoms with van der Waals surface area (Å²) in [6.45, 7) is 11.0. The van der Waals surface area contributed by atoms with Crippen molar-refractivity contribution in [3.05, 3.63) is 92.8 Å². The molecule has 3 heterocycles. The predicted molar refractivity (Wildman–Crippen MR) is 118 cm³/mol. The standard InChI is InChI=1S/C24H26N4O/c1-15-9-10-23(29)28(13-15)20-11-22(24-26-18(4)19(5)27(24)14-20)25-12-21-16(2)7-6-8-17(21)3/h6-11,13-14,25H,12H2,1-5H3. The fraction of sp³-hybridized carbons (Fsp3) is 0.250. The Morgan fingerprint density at radius 2 is 1.69 bits per heavy atom. The van der Waals surface area contributed by atoms with Gasteiger partial charge < -0.3 is 9.72 Å². The molecule has 0 unspecified atom stereocenters. The zero-order valence-corrected chi connectivity index (χ0v) is 17.6. The summed E-state index contributed by atoms with van der Waals surface area (Å²) in [6.07, 6.45) is 3.85. The number of fused-ring (bicyclic) bond motifs is 1. The minimum Gasteiger partial charge on any atom is -0.378 e. The molecule has 0 amide bonds. The lowest BCUT2D eigenvalue weighted by molar-refractivity contribution is 0.949. The van der Waals surface area contributed by atoms with Crippen LogP contribution in [0.15, 0.2) is 53.6 Å². The van der Waals surface area contributed by atoms with Gasteiger partial charge in [0.25, 0.3) is 5.56 Å². The molecule has 0 saturated heterocycles. The quantitative estimate of drug-likeness (QED) is 0.556. The molecule has 0 aliphatic rings. The molecule has 1 aromatic carbocycles. The van der Waals surface area contributed by atoms with E-state index in [1.165, 1.54) is 16.7 Å². The smallest absolute Gasteiger partial charge is 0.255 e. The molecule has 0 fully saturated rings. The van der Waals surface area contributed by atoms with E-state index in [1.54, 1.807) is 10.6 Å². The number of nitrogens with zero attached hydrogens (tertiary/aromatic N) is 3. The average molecular weight is 386 g/mol. The zero-order valence-electron chi connectivity index (χ0n) is 17.6. The molecule has 4 aromatic rings. The Bertz CT molecular complexity index is 1260. The molecule has 5 nitrogen and oxygen atoms in total. The van der Waals surface area contributed by atoms with Crippen LogP contribution in [0, 0.1) is 34.6 Å². The first-order valence-electron chi connectivity index (χ1n) is 9.83. The molecule has 0 aliphatic heterocycles. The highest BCUT2D eigenvalue weighted by atomic mass is 16.1. The molecule has 1 N–H and O–H groups in total. The Morgan fingerprint density at radius 3 is 2.41 bits per heavy atom. The van der Waals surface area contributed by atoms with Crippen LogP contribution in [-0.2, 0) is 6.54 Å². The van der Waals surface area contributed by atoms with Crippen LogP contribution in [0.5, 0.6) is 0 Å². The van der Waals surface area contributed by atoms with Crippen molar-refractivity contribution in [2.75, 3.05) is 5.32 Å². The van der Waals surface area contributed by atoms with Gasteiger partial charge in [-0.2, -0.15) is 0 Å². The molecule has 0 radical (unpaired) electrons. The van der Waals surface area contributed by atoms with E-state index in [0.717, 1.165) is 34.0 Å². The number of hydrogen-bond donors (Lipinski definition) is 1. The van der Waals surface area contributed by atoms with E-state index in [9.17, 15) is 4.79 Å². The normalized spacial score (nSPS) is 11.2. The highest BCUT2D eigenvalue weighted by Crippen LogP contribution is 2.25. The van der Waals surface area contributed by atoms with Gasteiger partial charge in [-0.15, -0.1) is 0 Å². The zero-order chi connectivity index (χ0) is 20.7. The highest BCUT2D eigenvalue weighted by Gasteiger charge is 2.13. The van der Waals surface area contributed by atoms with Crippen molar-refractivity contribution in [2.24, 2.45) is 0 Å². The number of anilines is 1. The van der Waals surface area contributed by atoms with E-state index in [2.05, 4.69) is 41.8 Å². The lowest BCUT2D eigenvalue weighted by Crippen LogP contribution is -2.17. The second kappa shape index (κ2) is 7.24. The first-order chi connectivity index (χ1) is 13.8. The first kappa shape index (κ1) is 19.0. The third-order valence-corrected chi connectivity index (χ3v) is 5.62. The van der Waals surface area contributed by atoms with Crippen LogP contribution in [0.4, 0.5) is 5.69 Å². The van der Waals surface area contributed by atoms with Crippen LogP contribution in [0.3, 0.4) is 0 Å². The van der Waals surface area contributed by atoms with Crippen LogP contribution in [0.2, 0.25) is 0 Å². The predicted octanol–water partition coefficient (Wildman–Crippen LogP) is 4.64. The number of rotatable bonds is 4. The molecular weight excluding hydrogens is 360 g/mol. The summed E-state index contributed by atoms with van der Waals surface area (Å²) in [4.78, 5) is 17.3. The Hall–Kier alpha value is -3.34. The topological polar surface area (TPSA) is 51.3 Å². The number of hydrogen-bond acceptors (Lipinski definition) is 3. The van der Waals surface area contributed by atoms with Gasteiger partial charge in [-0.3, -0.25) is 9.36 Å². The molecule has 3 aromatic heterocycles. The van der Waals surface area contributed by atoms with Crippen molar-refractivity contribution in [3.63, 3.8) is 0 Å². The van der Waals surface area contributed by atoms with Gasteiger partial charge in [0.2, 0.25) is 0 Å². The van der Waals surface area contributed by atoms with Crippen LogP contribution in [0.25, 0.3) is 11.3 Å². The third kappa shape index (κ3) is 3.44. The summed E-state index contributed by atoms with van der Waals surface area (Å²) in [6, 6.07) is 11.8. The Morgan fingerprint density at radius 1 is 0.966 bits per heavy atom. The third-order valence-electron chi connectivity index (χ3n) is 5.62. The molecule has 29 heavy (non-hydrogen) atoms. The van der Waals surface area contributed by atoms with Crippen LogP contribution >= 0.6 is 0 Å². The largest absolute Gasteiger partial charge is 0.378 e. The minimum atomic E-state index is -0.0508. The van der Waals surface area contributed by atoms with Crippen molar-refractivity contribution in [1.82, 2.24) is 14.0 Å². The molecule has 0 aliphatic carbocycles. The van der Waals surface area contributed by atoms with Gasteiger partial charge >= 0.3 is 0 Å². The molecule has 5 heteroatoms. The van der Waals surface area contributed by atoms with Gasteiger partial charge in [-0.05, 0) is 62.9 Å². The minimum absolute atomic E-state index is 0.0508. The second-order valence-corrected chi connectivity index (χ2v) is 7.73. The second-order valence-electron chi connectivity index (χ2n) is 7.73. The van der Waals surface area contributed by atoms with Crippen LogP contribution in [-0.4, -0.2) is 14.0 Å². The molecule has 0 atom stereocenters. The van der Waals surface area contributed by atoms with Crippen LogP contribution < -0.4 is 10.9 Å². The maximum absolute atomic E-state index is 12.5. The number of aromatic nitrogens is 3. The van der Waals surface area contributed by atoms with Gasteiger partial charge in [-0.25, -0.2) is 4.98 Å². The van der Waals surface area contributed by atoms with Gasteiger partial charge in [0.05, 0.1) is 17.1 Å². The van der Waals surface area contributed by atoms with E-state index >= 15 is 0 Å². The summed E-state index contributed by atoms with van der Waals surface area (Å²) in [5, 5.41) is 3.57. The maximum atomic E-state index is 12.5. The van der Waals surface area contributed by atoms with Crippen LogP contribution in [0.1, 0.15) is 33.6 Å². The molecule has 0 saturated carbocycles. The monoisotopic (exact) mass is 386 g/mol. The Balaban J connectivity index is 1.85. The fourth-order valence-electron chi connectivity index (χ4n) is 3.73. The fourth-order valence-corrected chi connectivity index (χ4v) is 3.73. The summed E-state index contributed by atoms with van der Waals surface area (Å²) < 4.78 is 3.75. The summed E-state index contributed by atoms with van der Waals surface area (Å²) in [5.41, 5.74) is 9.43. The number of benzene rings is 1. The molecule has 0 bridgehead atoms. The maximum Gasteiger partial charge on any atom is 0.255 e. The van der Waals surface area contributed by atoms with E-state index < -0.39 is 0 Å². The first-order valence-corrected chi connectivity index (χ1v) is 9.83. The van der Waals surface area contributed by atoms with Gasteiger partial charge in [-0.1, -0.05) is 24.3 Å². The van der Waals surface area contributed by atoms with Crippen molar-refractivity contribution in [3.8, 4) is 5.69 Å². The van der Waals surface area contributed by atoms with E-state index in [0.29, 0.717) is 6.54 Å². The summed E-state index contributed by atoms with van der Waals surface area (Å²) >= 11 is 0. The van der Waals surface area contributed by atoms with Crippen molar-refractivity contribution < 1.29 is 0 Å². The lowest BCUT2D eigenvalue weighted by atomic mass is 10.0. The number of imidazole rings is 1. The van der Waals surface area contributed by atoms with Crippen molar-refractivity contribution in [1.29, 1.82) is 0 Å². The van der Waals surface area contributed by atoms with Crippen molar-refractivity contribution >= 4 is 11.3 Å². The number of nitrogens with one attached hydrogen (secondary N) is 1. The summed E-state index contributed by atoms with van der Waals surface area (Å²) in [7, 11) is 0. The molecular formula is C24H26N4O. The highest BCUT2D eigenvalue weighted by molar-refractivity contribution is 5.71. The van der Waals surface area contributed by atoms with Crippen molar-refractivity contribution in [2.45, 2.75) is 41.2 Å². The molecule has 148 valence electrons. The van der Waals surface area contributed by atoms with Gasteiger partial charge in [0.15, 0.2) is 5.65 Å². The lowest BCUT2D eigenvalue weighted by Gasteiger charge is -2.15. The number of aryl methyl sites for hydroxylation is 5. The van der Waals surface area contributed by atoms with Gasteiger partial charge in [0, 0.05) is 30.7 Å². The average Bonchev–Trinajstić information content (AvgIpc) is 2.97. The van der Waals surface area contributed by atoms with Gasteiger partial charge in [0.1, 0.15) is 0 Å². The summed E-state index contributed by atoms with van der Waals surface area (Å²) in [5.74, 6) is 0. The van der Waals surface area contributed by atoms with E-state index in [-0.39, 0.29) is 5.56 Å². The number of pyridine rings is 2. The molecule has 4 rings (SSSR count). The SMILES string of the molecule is Cc1ccc(=O)n(-c2cc(NCc3c(C)cccc3C)c3nc(C)c(C)n3c2)c1. The van der Waals surface area contributed by atoms with E-state index in [1.807, 2.05) is 45.3 Å². The molecule has 0 spiro atoms. The Kier molecular flexibility index (Phi) is 4.74. The Labute approximate surface area is 170 Å².